The highest BCUT2D eigenvalue weighted by atomic mass is 16.2. The lowest BCUT2D eigenvalue weighted by Gasteiger charge is -2.38. The summed E-state index contributed by atoms with van der Waals surface area (Å²) in [6.07, 6.45) is 5.02. The number of hydrogen-bond donors (Lipinski definition) is 0. The van der Waals surface area contributed by atoms with Crippen molar-refractivity contribution in [3.63, 3.8) is 0 Å². The maximum absolute atomic E-state index is 11.9. The van der Waals surface area contributed by atoms with Crippen LogP contribution in [-0.4, -0.2) is 78.5 Å². The van der Waals surface area contributed by atoms with Crippen molar-refractivity contribution in [2.24, 2.45) is 0 Å². The van der Waals surface area contributed by atoms with Gasteiger partial charge in [-0.2, -0.15) is 0 Å². The van der Waals surface area contributed by atoms with E-state index in [1.807, 2.05) is 18.3 Å². The molecule has 1 aromatic heterocycles. The average Bonchev–Trinajstić information content (AvgIpc) is 2.54. The van der Waals surface area contributed by atoms with Gasteiger partial charge in [0.1, 0.15) is 0 Å². The van der Waals surface area contributed by atoms with E-state index in [9.17, 15) is 4.79 Å². The van der Waals surface area contributed by atoms with Gasteiger partial charge in [-0.25, -0.2) is 0 Å². The lowest BCUT2D eigenvalue weighted by Crippen LogP contribution is -2.48. The van der Waals surface area contributed by atoms with Crippen molar-refractivity contribution in [1.29, 1.82) is 0 Å². The first-order chi connectivity index (χ1) is 11.1. The predicted octanol–water partition coefficient (Wildman–Crippen LogP) is 1.50. The van der Waals surface area contributed by atoms with Crippen molar-refractivity contribution >= 4 is 5.91 Å². The number of pyridine rings is 1. The van der Waals surface area contributed by atoms with Gasteiger partial charge in [-0.05, 0) is 39.1 Å². The number of rotatable bonds is 7. The van der Waals surface area contributed by atoms with Crippen molar-refractivity contribution in [1.82, 2.24) is 19.7 Å². The molecule has 0 aromatic carbocycles. The molecule has 5 heteroatoms. The predicted molar refractivity (Wildman–Crippen MR) is 93.3 cm³/mol. The van der Waals surface area contributed by atoms with Crippen LogP contribution in [0.15, 0.2) is 24.4 Å². The number of aromatic nitrogens is 1. The van der Waals surface area contributed by atoms with Gasteiger partial charge in [0.05, 0.1) is 0 Å². The first-order valence-electron chi connectivity index (χ1n) is 8.60. The standard InChI is InChI=1S/C18H30N4O/c1-16(23)22(15-14-20(2)3)18-8-12-21(13-9-18)11-7-17-6-4-5-10-19-17/h4-6,10,18H,7-9,11-15H2,1-3H3. The van der Waals surface area contributed by atoms with Gasteiger partial charge in [0.25, 0.3) is 0 Å². The van der Waals surface area contributed by atoms with E-state index in [2.05, 4.69) is 39.8 Å². The summed E-state index contributed by atoms with van der Waals surface area (Å²) >= 11 is 0. The van der Waals surface area contributed by atoms with E-state index in [1.54, 1.807) is 6.92 Å². The van der Waals surface area contributed by atoms with Crippen molar-refractivity contribution in [3.8, 4) is 0 Å². The van der Waals surface area contributed by atoms with E-state index in [4.69, 9.17) is 0 Å². The average molecular weight is 318 g/mol. The summed E-state index contributed by atoms with van der Waals surface area (Å²) in [4.78, 5) is 23.0. The second kappa shape index (κ2) is 8.99. The van der Waals surface area contributed by atoms with E-state index in [-0.39, 0.29) is 5.91 Å². The number of carbonyl (C=O) groups excluding carboxylic acids is 1. The molecule has 0 spiro atoms. The van der Waals surface area contributed by atoms with Crippen LogP contribution in [0.25, 0.3) is 0 Å². The molecule has 1 amide bonds. The molecule has 0 atom stereocenters. The van der Waals surface area contributed by atoms with E-state index in [1.165, 1.54) is 0 Å². The molecule has 1 aromatic rings. The molecule has 1 aliphatic heterocycles. The second-order valence-electron chi connectivity index (χ2n) is 6.66. The monoisotopic (exact) mass is 318 g/mol. The van der Waals surface area contributed by atoms with Crippen molar-refractivity contribution in [2.75, 3.05) is 46.8 Å². The fraction of sp³-hybridized carbons (Fsp3) is 0.667. The Balaban J connectivity index is 1.76. The summed E-state index contributed by atoms with van der Waals surface area (Å²) in [6, 6.07) is 6.49. The fourth-order valence-corrected chi connectivity index (χ4v) is 3.18. The number of amides is 1. The van der Waals surface area contributed by atoms with E-state index < -0.39 is 0 Å². The summed E-state index contributed by atoms with van der Waals surface area (Å²) in [7, 11) is 4.11. The van der Waals surface area contributed by atoms with Gasteiger partial charge in [0.2, 0.25) is 5.91 Å². The molecule has 0 unspecified atom stereocenters. The third kappa shape index (κ3) is 5.92. The smallest absolute Gasteiger partial charge is 0.219 e. The SMILES string of the molecule is CC(=O)N(CCN(C)C)C1CCN(CCc2ccccn2)CC1. The quantitative estimate of drug-likeness (QED) is 0.764. The highest BCUT2D eigenvalue weighted by molar-refractivity contribution is 5.73. The molecule has 128 valence electrons. The number of piperidine rings is 1. The molecule has 1 fully saturated rings. The molecule has 0 saturated carbocycles. The van der Waals surface area contributed by atoms with Crippen LogP contribution >= 0.6 is 0 Å². The summed E-state index contributed by atoms with van der Waals surface area (Å²) in [6.45, 7) is 6.66. The topological polar surface area (TPSA) is 39.7 Å². The van der Waals surface area contributed by atoms with Crippen LogP contribution in [0.5, 0.6) is 0 Å². The largest absolute Gasteiger partial charge is 0.339 e. The van der Waals surface area contributed by atoms with Gasteiger partial charge in [-0.1, -0.05) is 6.07 Å². The summed E-state index contributed by atoms with van der Waals surface area (Å²) in [5, 5.41) is 0. The molecular weight excluding hydrogens is 288 g/mol. The van der Waals surface area contributed by atoms with Gasteiger partial charge in [0.15, 0.2) is 0 Å². The molecule has 5 nitrogen and oxygen atoms in total. The van der Waals surface area contributed by atoms with Crippen molar-refractivity contribution in [3.05, 3.63) is 30.1 Å². The van der Waals surface area contributed by atoms with E-state index in [0.29, 0.717) is 6.04 Å². The zero-order valence-electron chi connectivity index (χ0n) is 14.7. The molecule has 0 aliphatic carbocycles. The van der Waals surface area contributed by atoms with Crippen LogP contribution < -0.4 is 0 Å². The normalized spacial score (nSPS) is 16.7. The van der Waals surface area contributed by atoms with Gasteiger partial charge in [-0.3, -0.25) is 9.78 Å². The number of likely N-dealkylation sites (tertiary alicyclic amines) is 1. The number of carbonyl (C=O) groups is 1. The zero-order valence-corrected chi connectivity index (χ0v) is 14.7. The first kappa shape index (κ1) is 17.9. The molecule has 0 radical (unpaired) electrons. The van der Waals surface area contributed by atoms with Crippen molar-refractivity contribution < 1.29 is 4.79 Å². The minimum Gasteiger partial charge on any atom is -0.339 e. The van der Waals surface area contributed by atoms with Crippen LogP contribution in [0.1, 0.15) is 25.5 Å². The molecule has 23 heavy (non-hydrogen) atoms. The minimum atomic E-state index is 0.207. The van der Waals surface area contributed by atoms with Gasteiger partial charge < -0.3 is 14.7 Å². The van der Waals surface area contributed by atoms with Crippen LogP contribution in [0.4, 0.5) is 0 Å². The Bertz CT molecular complexity index is 469. The Morgan fingerprint density at radius 3 is 2.57 bits per heavy atom. The zero-order chi connectivity index (χ0) is 16.7. The van der Waals surface area contributed by atoms with E-state index in [0.717, 1.165) is 57.7 Å². The lowest BCUT2D eigenvalue weighted by atomic mass is 10.0. The molecule has 2 rings (SSSR count). The third-order valence-corrected chi connectivity index (χ3v) is 4.60. The Hall–Kier alpha value is -1.46. The highest BCUT2D eigenvalue weighted by Crippen LogP contribution is 2.17. The van der Waals surface area contributed by atoms with Crippen LogP contribution in [0.2, 0.25) is 0 Å². The number of hydrogen-bond acceptors (Lipinski definition) is 4. The number of nitrogens with zero attached hydrogens (tertiary/aromatic N) is 4. The molecule has 1 aliphatic rings. The number of likely N-dealkylation sites (N-methyl/N-ethyl adjacent to an activating group) is 1. The molecule has 0 N–H and O–H groups in total. The Morgan fingerprint density at radius 2 is 2.00 bits per heavy atom. The molecule has 2 heterocycles. The molecule has 1 saturated heterocycles. The van der Waals surface area contributed by atoms with Crippen LogP contribution in [0.3, 0.4) is 0 Å². The Kier molecular flexibility index (Phi) is 6.99. The summed E-state index contributed by atoms with van der Waals surface area (Å²) < 4.78 is 0. The van der Waals surface area contributed by atoms with Gasteiger partial charge >= 0.3 is 0 Å². The first-order valence-corrected chi connectivity index (χ1v) is 8.60. The van der Waals surface area contributed by atoms with Gasteiger partial charge in [0, 0.05) is 64.0 Å². The fourth-order valence-electron chi connectivity index (χ4n) is 3.18. The Labute approximate surface area is 140 Å². The molecular formula is C18H30N4O. The van der Waals surface area contributed by atoms with E-state index >= 15 is 0 Å². The van der Waals surface area contributed by atoms with Crippen molar-refractivity contribution in [2.45, 2.75) is 32.2 Å². The maximum atomic E-state index is 11.9. The highest BCUT2D eigenvalue weighted by Gasteiger charge is 2.25. The molecule has 0 bridgehead atoms. The maximum Gasteiger partial charge on any atom is 0.219 e. The van der Waals surface area contributed by atoms with Gasteiger partial charge in [-0.15, -0.1) is 0 Å². The van der Waals surface area contributed by atoms with Crippen LogP contribution in [-0.2, 0) is 11.2 Å². The lowest BCUT2D eigenvalue weighted by molar-refractivity contribution is -0.132. The minimum absolute atomic E-state index is 0.207. The summed E-state index contributed by atoms with van der Waals surface area (Å²) in [5.41, 5.74) is 1.16. The van der Waals surface area contributed by atoms with Crippen LogP contribution in [0, 0.1) is 0 Å². The third-order valence-electron chi connectivity index (χ3n) is 4.60. The summed E-state index contributed by atoms with van der Waals surface area (Å²) in [5.74, 6) is 0.207. The Morgan fingerprint density at radius 1 is 1.26 bits per heavy atom. The second-order valence-corrected chi connectivity index (χ2v) is 6.66.